The van der Waals surface area contributed by atoms with Crippen LogP contribution in [0.2, 0.25) is 0 Å². The highest BCUT2D eigenvalue weighted by molar-refractivity contribution is 6.18. The van der Waals surface area contributed by atoms with Crippen LogP contribution in [0.3, 0.4) is 0 Å². The average molecular weight is 244 g/mol. The standard InChI is InChI=1S/C11H18ClN3O/c1-8(2)6-9(7-12)13-11(16)10-4-5-15(3)14-10/h4-5,8-9H,6-7H2,1-3H3,(H,13,16). The molecule has 90 valence electrons. The van der Waals surface area contributed by atoms with Gasteiger partial charge in [-0.15, -0.1) is 11.6 Å². The number of hydrogen-bond donors (Lipinski definition) is 1. The number of carbonyl (C=O) groups excluding carboxylic acids is 1. The smallest absolute Gasteiger partial charge is 0.272 e. The molecule has 0 aromatic carbocycles. The summed E-state index contributed by atoms with van der Waals surface area (Å²) in [5.74, 6) is 0.774. The van der Waals surface area contributed by atoms with E-state index in [9.17, 15) is 4.79 Å². The molecule has 1 N–H and O–H groups in total. The van der Waals surface area contributed by atoms with Gasteiger partial charge in [-0.2, -0.15) is 5.10 Å². The Hall–Kier alpha value is -1.03. The third kappa shape index (κ3) is 3.85. The number of halogens is 1. The monoisotopic (exact) mass is 243 g/mol. The molecule has 0 aliphatic rings. The zero-order valence-corrected chi connectivity index (χ0v) is 10.7. The van der Waals surface area contributed by atoms with Crippen molar-refractivity contribution in [2.75, 3.05) is 5.88 Å². The van der Waals surface area contributed by atoms with Crippen molar-refractivity contribution in [3.8, 4) is 0 Å². The lowest BCUT2D eigenvalue weighted by atomic mass is 10.1. The Kier molecular flexibility index (Phi) is 4.80. The van der Waals surface area contributed by atoms with Crippen LogP contribution in [0.5, 0.6) is 0 Å². The Morgan fingerprint density at radius 2 is 2.31 bits per heavy atom. The lowest BCUT2D eigenvalue weighted by Crippen LogP contribution is -2.37. The zero-order valence-electron chi connectivity index (χ0n) is 9.90. The SMILES string of the molecule is CC(C)CC(CCl)NC(=O)c1ccn(C)n1. The van der Waals surface area contributed by atoms with E-state index in [0.29, 0.717) is 17.5 Å². The second-order valence-electron chi connectivity index (χ2n) is 4.33. The molecule has 5 heteroatoms. The average Bonchev–Trinajstić information content (AvgIpc) is 2.63. The van der Waals surface area contributed by atoms with E-state index in [-0.39, 0.29) is 11.9 Å². The van der Waals surface area contributed by atoms with Crippen molar-refractivity contribution in [2.24, 2.45) is 13.0 Å². The molecule has 0 bridgehead atoms. The summed E-state index contributed by atoms with van der Waals surface area (Å²) >= 11 is 5.81. The Morgan fingerprint density at radius 1 is 1.62 bits per heavy atom. The number of amides is 1. The molecule has 1 aromatic heterocycles. The van der Waals surface area contributed by atoms with E-state index in [1.807, 2.05) is 0 Å². The molecular formula is C11H18ClN3O. The maximum Gasteiger partial charge on any atom is 0.272 e. The van der Waals surface area contributed by atoms with E-state index >= 15 is 0 Å². The molecule has 1 aromatic rings. The van der Waals surface area contributed by atoms with Crippen molar-refractivity contribution in [1.82, 2.24) is 15.1 Å². The van der Waals surface area contributed by atoms with Crippen LogP contribution < -0.4 is 5.32 Å². The molecule has 1 rings (SSSR count). The molecule has 0 radical (unpaired) electrons. The van der Waals surface area contributed by atoms with Crippen LogP contribution >= 0.6 is 11.6 Å². The second-order valence-corrected chi connectivity index (χ2v) is 4.64. The van der Waals surface area contributed by atoms with Gasteiger partial charge in [0.2, 0.25) is 0 Å². The molecule has 16 heavy (non-hydrogen) atoms. The predicted octanol–water partition coefficient (Wildman–Crippen LogP) is 1.80. The number of alkyl halides is 1. The molecule has 0 fully saturated rings. The van der Waals surface area contributed by atoms with E-state index in [4.69, 9.17) is 11.6 Å². The highest BCUT2D eigenvalue weighted by atomic mass is 35.5. The highest BCUT2D eigenvalue weighted by Crippen LogP contribution is 2.07. The van der Waals surface area contributed by atoms with Gasteiger partial charge >= 0.3 is 0 Å². The van der Waals surface area contributed by atoms with Crippen LogP contribution in [0.1, 0.15) is 30.8 Å². The second kappa shape index (κ2) is 5.89. The first kappa shape index (κ1) is 13.0. The first-order valence-corrected chi connectivity index (χ1v) is 5.93. The molecule has 0 aliphatic heterocycles. The van der Waals surface area contributed by atoms with Crippen molar-refractivity contribution in [1.29, 1.82) is 0 Å². The number of rotatable bonds is 5. The van der Waals surface area contributed by atoms with Crippen molar-refractivity contribution < 1.29 is 4.79 Å². The van der Waals surface area contributed by atoms with E-state index in [1.54, 1.807) is 24.0 Å². The Bertz CT molecular complexity index is 349. The van der Waals surface area contributed by atoms with Gasteiger partial charge in [-0.05, 0) is 18.4 Å². The van der Waals surface area contributed by atoms with Gasteiger partial charge in [-0.3, -0.25) is 9.48 Å². The molecule has 0 aliphatic carbocycles. The summed E-state index contributed by atoms with van der Waals surface area (Å²) < 4.78 is 1.60. The van der Waals surface area contributed by atoms with Crippen molar-refractivity contribution >= 4 is 17.5 Å². The molecular weight excluding hydrogens is 226 g/mol. The summed E-state index contributed by atoms with van der Waals surface area (Å²) in [6, 6.07) is 1.70. The Labute approximate surface area is 101 Å². The summed E-state index contributed by atoms with van der Waals surface area (Å²) in [4.78, 5) is 11.8. The number of nitrogens with zero attached hydrogens (tertiary/aromatic N) is 2. The van der Waals surface area contributed by atoms with Crippen molar-refractivity contribution in [3.05, 3.63) is 18.0 Å². The fourth-order valence-electron chi connectivity index (χ4n) is 1.53. The topological polar surface area (TPSA) is 46.9 Å². The van der Waals surface area contributed by atoms with Gasteiger partial charge in [0.15, 0.2) is 0 Å². The van der Waals surface area contributed by atoms with Crippen LogP contribution in [0.15, 0.2) is 12.3 Å². The predicted molar refractivity (Wildman–Crippen MR) is 64.6 cm³/mol. The third-order valence-corrected chi connectivity index (χ3v) is 2.60. The lowest BCUT2D eigenvalue weighted by Gasteiger charge is -2.17. The van der Waals surface area contributed by atoms with Crippen LogP contribution in [0.4, 0.5) is 0 Å². The van der Waals surface area contributed by atoms with Gasteiger partial charge < -0.3 is 5.32 Å². The minimum Gasteiger partial charge on any atom is -0.347 e. The van der Waals surface area contributed by atoms with E-state index < -0.39 is 0 Å². The molecule has 1 amide bonds. The summed E-state index contributed by atoms with van der Waals surface area (Å²) in [5, 5.41) is 6.92. The molecule has 4 nitrogen and oxygen atoms in total. The normalized spacial score (nSPS) is 12.8. The first-order valence-electron chi connectivity index (χ1n) is 5.39. The third-order valence-electron chi connectivity index (χ3n) is 2.22. The summed E-state index contributed by atoms with van der Waals surface area (Å²) in [7, 11) is 1.78. The molecule has 0 saturated heterocycles. The fourth-order valence-corrected chi connectivity index (χ4v) is 1.73. The first-order chi connectivity index (χ1) is 7.52. The van der Waals surface area contributed by atoms with Crippen LogP contribution in [-0.4, -0.2) is 27.6 Å². The van der Waals surface area contributed by atoms with Gasteiger partial charge in [0.25, 0.3) is 5.91 Å². The number of hydrogen-bond acceptors (Lipinski definition) is 2. The van der Waals surface area contributed by atoms with Crippen molar-refractivity contribution in [3.63, 3.8) is 0 Å². The minimum absolute atomic E-state index is 0.0103. The van der Waals surface area contributed by atoms with Gasteiger partial charge in [0.1, 0.15) is 5.69 Å². The fraction of sp³-hybridized carbons (Fsp3) is 0.636. The van der Waals surface area contributed by atoms with Crippen molar-refractivity contribution in [2.45, 2.75) is 26.3 Å². The van der Waals surface area contributed by atoms with Gasteiger partial charge in [-0.25, -0.2) is 0 Å². The van der Waals surface area contributed by atoms with Crippen LogP contribution in [0, 0.1) is 5.92 Å². The van der Waals surface area contributed by atoms with Gasteiger partial charge in [0.05, 0.1) is 0 Å². The van der Waals surface area contributed by atoms with E-state index in [2.05, 4.69) is 24.3 Å². The molecule has 0 saturated carbocycles. The number of aromatic nitrogens is 2. The van der Waals surface area contributed by atoms with E-state index in [1.165, 1.54) is 0 Å². The Balaban J connectivity index is 2.55. The maximum atomic E-state index is 11.8. The van der Waals surface area contributed by atoms with Crippen LogP contribution in [0.25, 0.3) is 0 Å². The van der Waals surface area contributed by atoms with E-state index in [0.717, 1.165) is 6.42 Å². The van der Waals surface area contributed by atoms with Gasteiger partial charge in [-0.1, -0.05) is 13.8 Å². The summed E-state index contributed by atoms with van der Waals surface area (Å²) in [5.41, 5.74) is 0.432. The number of nitrogens with one attached hydrogen (secondary N) is 1. The lowest BCUT2D eigenvalue weighted by molar-refractivity contribution is 0.0931. The number of aryl methyl sites for hydroxylation is 1. The quantitative estimate of drug-likeness (QED) is 0.802. The highest BCUT2D eigenvalue weighted by Gasteiger charge is 2.15. The molecule has 1 unspecified atom stereocenters. The largest absolute Gasteiger partial charge is 0.347 e. The zero-order chi connectivity index (χ0) is 12.1. The van der Waals surface area contributed by atoms with Crippen LogP contribution in [-0.2, 0) is 7.05 Å². The molecule has 0 spiro atoms. The molecule has 1 atom stereocenters. The number of carbonyl (C=O) groups is 1. The Morgan fingerprint density at radius 3 is 2.75 bits per heavy atom. The summed E-state index contributed by atoms with van der Waals surface area (Å²) in [6.45, 7) is 4.21. The summed E-state index contributed by atoms with van der Waals surface area (Å²) in [6.07, 6.45) is 2.62. The maximum absolute atomic E-state index is 11.8. The molecule has 1 heterocycles. The van der Waals surface area contributed by atoms with Gasteiger partial charge in [0, 0.05) is 25.2 Å². The minimum atomic E-state index is -0.160.